The summed E-state index contributed by atoms with van der Waals surface area (Å²) < 4.78 is 5.03. The van der Waals surface area contributed by atoms with Crippen LogP contribution in [0.4, 0.5) is 0 Å². The summed E-state index contributed by atoms with van der Waals surface area (Å²) in [4.78, 5) is 0. The Morgan fingerprint density at radius 3 is 2.67 bits per heavy atom. The smallest absolute Gasteiger partial charge is 0.0820 e. The molecule has 0 amide bonds. The van der Waals surface area contributed by atoms with Crippen molar-refractivity contribution in [1.82, 2.24) is 0 Å². The van der Waals surface area contributed by atoms with E-state index >= 15 is 0 Å². The molecule has 0 aromatic carbocycles. The molecule has 1 saturated heterocycles. The third kappa shape index (κ3) is 4.44. The van der Waals surface area contributed by atoms with Gasteiger partial charge in [0.2, 0.25) is 0 Å². The molecule has 3 heteroatoms. The highest BCUT2D eigenvalue weighted by Crippen LogP contribution is 2.19. The standard InChI is InChI=1S/C6H12OS.HI/c1-2-6(8)3-5-4-7-5;/h5-6,8H,2-4H2,1H3;1H. The van der Waals surface area contributed by atoms with Gasteiger partial charge in [-0.15, -0.1) is 24.0 Å². The van der Waals surface area contributed by atoms with Crippen LogP contribution in [0.5, 0.6) is 0 Å². The SMILES string of the molecule is CCC(S)CC1CO1.I. The molecular formula is C6H13IOS. The van der Waals surface area contributed by atoms with Crippen LogP contribution >= 0.6 is 36.6 Å². The molecule has 1 heterocycles. The molecule has 56 valence electrons. The molecule has 0 spiro atoms. The number of thiol groups is 1. The zero-order chi connectivity index (χ0) is 5.98. The van der Waals surface area contributed by atoms with Gasteiger partial charge in [-0.2, -0.15) is 12.6 Å². The van der Waals surface area contributed by atoms with E-state index in [-0.39, 0.29) is 24.0 Å². The predicted molar refractivity (Wildman–Crippen MR) is 52.8 cm³/mol. The topological polar surface area (TPSA) is 12.5 Å². The number of ether oxygens (including phenoxy) is 1. The van der Waals surface area contributed by atoms with Crippen molar-refractivity contribution in [2.75, 3.05) is 6.61 Å². The Hall–Kier alpha value is 1.04. The van der Waals surface area contributed by atoms with Crippen LogP contribution in [0.2, 0.25) is 0 Å². The fourth-order valence-corrected chi connectivity index (χ4v) is 0.909. The zero-order valence-corrected chi connectivity index (χ0v) is 8.76. The van der Waals surface area contributed by atoms with Crippen molar-refractivity contribution in [1.29, 1.82) is 0 Å². The number of halogens is 1. The van der Waals surface area contributed by atoms with Crippen LogP contribution in [0.15, 0.2) is 0 Å². The Bertz CT molecular complexity index is 75.5. The molecule has 2 atom stereocenters. The Kier molecular flexibility index (Phi) is 5.35. The number of hydrogen-bond acceptors (Lipinski definition) is 2. The second kappa shape index (κ2) is 4.79. The maximum Gasteiger partial charge on any atom is 0.0820 e. The highest BCUT2D eigenvalue weighted by molar-refractivity contribution is 14.0. The summed E-state index contributed by atoms with van der Waals surface area (Å²) >= 11 is 4.33. The summed E-state index contributed by atoms with van der Waals surface area (Å²) in [6.07, 6.45) is 2.85. The van der Waals surface area contributed by atoms with Crippen LogP contribution < -0.4 is 0 Å². The summed E-state index contributed by atoms with van der Waals surface area (Å²) in [6.45, 7) is 3.12. The number of rotatable bonds is 3. The van der Waals surface area contributed by atoms with Gasteiger partial charge in [-0.3, -0.25) is 0 Å². The number of epoxide rings is 1. The lowest BCUT2D eigenvalue weighted by molar-refractivity contribution is 0.393. The van der Waals surface area contributed by atoms with E-state index in [1.807, 2.05) is 0 Å². The lowest BCUT2D eigenvalue weighted by atomic mass is 10.2. The molecule has 1 aliphatic rings. The predicted octanol–water partition coefficient (Wildman–Crippen LogP) is 2.10. The van der Waals surface area contributed by atoms with Gasteiger partial charge < -0.3 is 4.74 Å². The van der Waals surface area contributed by atoms with Crippen LogP contribution in [0.1, 0.15) is 19.8 Å². The molecule has 1 fully saturated rings. The average Bonchev–Trinajstić information content (AvgIpc) is 2.50. The maximum absolute atomic E-state index is 5.03. The maximum atomic E-state index is 5.03. The average molecular weight is 260 g/mol. The molecule has 1 nitrogen and oxygen atoms in total. The van der Waals surface area contributed by atoms with Crippen molar-refractivity contribution in [3.05, 3.63) is 0 Å². The third-order valence-electron chi connectivity index (χ3n) is 1.41. The van der Waals surface area contributed by atoms with Gasteiger partial charge >= 0.3 is 0 Å². The summed E-state index contributed by atoms with van der Waals surface area (Å²) in [5.74, 6) is 0. The largest absolute Gasteiger partial charge is 0.373 e. The van der Waals surface area contributed by atoms with Gasteiger partial charge in [-0.1, -0.05) is 6.92 Å². The molecule has 0 aromatic heterocycles. The van der Waals surface area contributed by atoms with E-state index in [1.54, 1.807) is 0 Å². The Labute approximate surface area is 79.0 Å². The molecule has 0 saturated carbocycles. The van der Waals surface area contributed by atoms with Crippen LogP contribution in [0.25, 0.3) is 0 Å². The Morgan fingerprint density at radius 2 is 2.33 bits per heavy atom. The van der Waals surface area contributed by atoms with E-state index in [4.69, 9.17) is 4.74 Å². The van der Waals surface area contributed by atoms with E-state index in [0.717, 1.165) is 19.4 Å². The van der Waals surface area contributed by atoms with Crippen LogP contribution in [0.3, 0.4) is 0 Å². The molecule has 2 unspecified atom stereocenters. The van der Waals surface area contributed by atoms with E-state index < -0.39 is 0 Å². The lowest BCUT2D eigenvalue weighted by Gasteiger charge is -2.01. The Morgan fingerprint density at radius 1 is 1.78 bits per heavy atom. The van der Waals surface area contributed by atoms with Crippen molar-refractivity contribution in [2.45, 2.75) is 31.1 Å². The van der Waals surface area contributed by atoms with Gasteiger partial charge in [0.1, 0.15) is 0 Å². The van der Waals surface area contributed by atoms with Crippen molar-refractivity contribution < 1.29 is 4.74 Å². The summed E-state index contributed by atoms with van der Waals surface area (Å²) in [7, 11) is 0. The first-order valence-electron chi connectivity index (χ1n) is 3.12. The normalized spacial score (nSPS) is 26.7. The second-order valence-corrected chi connectivity index (χ2v) is 2.98. The molecule has 1 rings (SSSR count). The second-order valence-electron chi connectivity index (χ2n) is 2.25. The Balaban J connectivity index is 0.000000640. The van der Waals surface area contributed by atoms with Crippen LogP contribution in [-0.2, 0) is 4.74 Å². The summed E-state index contributed by atoms with van der Waals surface area (Å²) in [5, 5.41) is 0.558. The minimum atomic E-state index is 0. The number of hydrogen-bond donors (Lipinski definition) is 1. The van der Waals surface area contributed by atoms with E-state index in [9.17, 15) is 0 Å². The highest BCUT2D eigenvalue weighted by Gasteiger charge is 2.23. The minimum absolute atomic E-state index is 0. The molecule has 0 radical (unpaired) electrons. The van der Waals surface area contributed by atoms with E-state index in [0.29, 0.717) is 11.4 Å². The van der Waals surface area contributed by atoms with Gasteiger partial charge in [0.15, 0.2) is 0 Å². The molecule has 0 aliphatic carbocycles. The van der Waals surface area contributed by atoms with Gasteiger partial charge in [-0.05, 0) is 12.8 Å². The molecule has 9 heavy (non-hydrogen) atoms. The fourth-order valence-electron chi connectivity index (χ4n) is 0.674. The first-order chi connectivity index (χ1) is 3.83. The lowest BCUT2D eigenvalue weighted by Crippen LogP contribution is -2.00. The quantitative estimate of drug-likeness (QED) is 0.465. The van der Waals surface area contributed by atoms with Crippen molar-refractivity contribution in [3.63, 3.8) is 0 Å². The monoisotopic (exact) mass is 260 g/mol. The van der Waals surface area contributed by atoms with Gasteiger partial charge in [0.05, 0.1) is 12.7 Å². The first-order valence-corrected chi connectivity index (χ1v) is 3.64. The van der Waals surface area contributed by atoms with E-state index in [2.05, 4.69) is 19.6 Å². The van der Waals surface area contributed by atoms with Crippen LogP contribution in [0, 0.1) is 0 Å². The van der Waals surface area contributed by atoms with Gasteiger partial charge in [0.25, 0.3) is 0 Å². The van der Waals surface area contributed by atoms with Gasteiger partial charge in [-0.25, -0.2) is 0 Å². The van der Waals surface area contributed by atoms with Crippen molar-refractivity contribution >= 4 is 36.6 Å². The first kappa shape index (κ1) is 10.0. The zero-order valence-electron chi connectivity index (χ0n) is 5.54. The molecule has 0 bridgehead atoms. The highest BCUT2D eigenvalue weighted by atomic mass is 127. The van der Waals surface area contributed by atoms with E-state index in [1.165, 1.54) is 0 Å². The van der Waals surface area contributed by atoms with Gasteiger partial charge in [0, 0.05) is 5.25 Å². The minimum Gasteiger partial charge on any atom is -0.373 e. The fraction of sp³-hybridized carbons (Fsp3) is 1.00. The van der Waals surface area contributed by atoms with Crippen molar-refractivity contribution in [2.24, 2.45) is 0 Å². The summed E-state index contributed by atoms with van der Waals surface area (Å²) in [5.41, 5.74) is 0. The van der Waals surface area contributed by atoms with Crippen molar-refractivity contribution in [3.8, 4) is 0 Å². The van der Waals surface area contributed by atoms with Crippen LogP contribution in [-0.4, -0.2) is 18.0 Å². The molecular weight excluding hydrogens is 247 g/mol. The third-order valence-corrected chi connectivity index (χ3v) is 1.98. The summed E-state index contributed by atoms with van der Waals surface area (Å²) in [6, 6.07) is 0. The molecule has 0 aromatic rings. The molecule has 0 N–H and O–H groups in total. The molecule has 1 aliphatic heterocycles.